The number of hydrogen-bond acceptors (Lipinski definition) is 3. The molecular formula is C14H21N3O2. The van der Waals surface area contributed by atoms with E-state index in [-0.39, 0.29) is 0 Å². The van der Waals surface area contributed by atoms with Crippen molar-refractivity contribution in [1.82, 2.24) is 14.8 Å². The molecule has 0 unspecified atom stereocenters. The molecule has 0 spiro atoms. The lowest BCUT2D eigenvalue weighted by Crippen LogP contribution is -2.44. The van der Waals surface area contributed by atoms with Gasteiger partial charge < -0.3 is 9.80 Å². The summed E-state index contributed by atoms with van der Waals surface area (Å²) in [5, 5.41) is 0. The van der Waals surface area contributed by atoms with Gasteiger partial charge in [-0.2, -0.15) is 0 Å². The summed E-state index contributed by atoms with van der Waals surface area (Å²) in [5.41, 5.74) is 1.10. The van der Waals surface area contributed by atoms with Crippen molar-refractivity contribution < 1.29 is 9.59 Å². The molecule has 1 aromatic heterocycles. The normalized spacial score (nSPS) is 10.1. The predicted molar refractivity (Wildman–Crippen MR) is 73.5 cm³/mol. The minimum Gasteiger partial charge on any atom is -0.337 e. The minimum absolute atomic E-state index is 0.428. The SMILES string of the molecule is CCN(CC)C(=O)C(=O)N(C)CCc1ccncc1. The molecule has 19 heavy (non-hydrogen) atoms. The van der Waals surface area contributed by atoms with Crippen molar-refractivity contribution in [3.63, 3.8) is 0 Å². The zero-order valence-electron chi connectivity index (χ0n) is 11.8. The monoisotopic (exact) mass is 263 g/mol. The van der Waals surface area contributed by atoms with E-state index < -0.39 is 11.8 Å². The highest BCUT2D eigenvalue weighted by atomic mass is 16.2. The fraction of sp³-hybridized carbons (Fsp3) is 0.500. The van der Waals surface area contributed by atoms with Crippen molar-refractivity contribution in [3.05, 3.63) is 30.1 Å². The number of carbonyl (C=O) groups excluding carboxylic acids is 2. The number of rotatable bonds is 5. The largest absolute Gasteiger partial charge is 0.337 e. The van der Waals surface area contributed by atoms with Crippen LogP contribution >= 0.6 is 0 Å². The quantitative estimate of drug-likeness (QED) is 0.743. The maximum atomic E-state index is 11.9. The summed E-state index contributed by atoms with van der Waals surface area (Å²) in [6, 6.07) is 3.81. The molecule has 0 saturated heterocycles. The predicted octanol–water partition coefficient (Wildman–Crippen LogP) is 0.951. The molecule has 0 aliphatic heterocycles. The molecule has 104 valence electrons. The molecule has 0 N–H and O–H groups in total. The summed E-state index contributed by atoms with van der Waals surface area (Å²) in [5.74, 6) is -0.875. The standard InChI is InChI=1S/C14H21N3O2/c1-4-17(5-2)14(19)13(18)16(3)11-8-12-6-9-15-10-7-12/h6-7,9-10H,4-5,8,11H2,1-3H3. The molecule has 5 heteroatoms. The van der Waals surface area contributed by atoms with Crippen molar-refractivity contribution >= 4 is 11.8 Å². The molecule has 0 aromatic carbocycles. The Kier molecular flexibility index (Phi) is 5.99. The summed E-state index contributed by atoms with van der Waals surface area (Å²) < 4.78 is 0. The van der Waals surface area contributed by atoms with E-state index in [0.717, 1.165) is 12.0 Å². The summed E-state index contributed by atoms with van der Waals surface area (Å²) in [6.07, 6.45) is 4.16. The molecule has 0 fully saturated rings. The molecule has 1 rings (SSSR count). The number of likely N-dealkylation sites (N-methyl/N-ethyl adjacent to an activating group) is 2. The van der Waals surface area contributed by atoms with Gasteiger partial charge in [-0.25, -0.2) is 0 Å². The molecule has 2 amide bonds. The molecular weight excluding hydrogens is 242 g/mol. The second kappa shape index (κ2) is 7.51. The fourth-order valence-electron chi connectivity index (χ4n) is 1.76. The van der Waals surface area contributed by atoms with Gasteiger partial charge in [-0.1, -0.05) is 0 Å². The first-order valence-electron chi connectivity index (χ1n) is 6.53. The number of carbonyl (C=O) groups is 2. The van der Waals surface area contributed by atoms with Crippen LogP contribution in [0, 0.1) is 0 Å². The van der Waals surface area contributed by atoms with Crippen molar-refractivity contribution in [2.75, 3.05) is 26.7 Å². The van der Waals surface area contributed by atoms with E-state index in [2.05, 4.69) is 4.98 Å². The highest BCUT2D eigenvalue weighted by Crippen LogP contribution is 2.00. The second-order valence-corrected chi connectivity index (χ2v) is 4.31. The fourth-order valence-corrected chi connectivity index (χ4v) is 1.76. The Morgan fingerprint density at radius 3 is 2.21 bits per heavy atom. The summed E-state index contributed by atoms with van der Waals surface area (Å²) in [7, 11) is 1.66. The average molecular weight is 263 g/mol. The first kappa shape index (κ1) is 15.1. The maximum absolute atomic E-state index is 11.9. The third kappa shape index (κ3) is 4.35. The van der Waals surface area contributed by atoms with Gasteiger partial charge in [0.25, 0.3) is 0 Å². The van der Waals surface area contributed by atoms with Crippen molar-refractivity contribution in [3.8, 4) is 0 Å². The molecule has 0 saturated carbocycles. The van der Waals surface area contributed by atoms with Gasteiger partial charge in [0, 0.05) is 39.1 Å². The maximum Gasteiger partial charge on any atom is 0.312 e. The Hall–Kier alpha value is -1.91. The van der Waals surface area contributed by atoms with Crippen LogP contribution in [-0.2, 0) is 16.0 Å². The zero-order chi connectivity index (χ0) is 14.3. The molecule has 0 aliphatic rings. The Morgan fingerprint density at radius 1 is 1.11 bits per heavy atom. The summed E-state index contributed by atoms with van der Waals surface area (Å²) in [6.45, 7) is 5.37. The Morgan fingerprint density at radius 2 is 1.68 bits per heavy atom. The van der Waals surface area contributed by atoms with Gasteiger partial charge in [0.05, 0.1) is 0 Å². The minimum atomic E-state index is -0.447. The molecule has 5 nitrogen and oxygen atoms in total. The van der Waals surface area contributed by atoms with Crippen LogP contribution in [-0.4, -0.2) is 53.3 Å². The van der Waals surface area contributed by atoms with E-state index >= 15 is 0 Å². The molecule has 0 bridgehead atoms. The molecule has 0 aliphatic carbocycles. The first-order valence-corrected chi connectivity index (χ1v) is 6.53. The van der Waals surface area contributed by atoms with Crippen LogP contribution in [0.15, 0.2) is 24.5 Å². The number of amides is 2. The second-order valence-electron chi connectivity index (χ2n) is 4.31. The van der Waals surface area contributed by atoms with Gasteiger partial charge in [0.2, 0.25) is 0 Å². The first-order chi connectivity index (χ1) is 9.10. The molecule has 1 aromatic rings. The highest BCUT2D eigenvalue weighted by molar-refractivity contribution is 6.34. The van der Waals surface area contributed by atoms with Gasteiger partial charge in [0.15, 0.2) is 0 Å². The van der Waals surface area contributed by atoms with Crippen molar-refractivity contribution in [2.45, 2.75) is 20.3 Å². The third-order valence-electron chi connectivity index (χ3n) is 3.07. The smallest absolute Gasteiger partial charge is 0.312 e. The number of aromatic nitrogens is 1. The number of pyridine rings is 1. The van der Waals surface area contributed by atoms with E-state index in [1.807, 2.05) is 26.0 Å². The van der Waals surface area contributed by atoms with Crippen LogP contribution in [0.25, 0.3) is 0 Å². The lowest BCUT2D eigenvalue weighted by atomic mass is 10.2. The Labute approximate surface area is 114 Å². The van der Waals surface area contributed by atoms with Crippen LogP contribution < -0.4 is 0 Å². The van der Waals surface area contributed by atoms with Gasteiger partial charge in [0.1, 0.15) is 0 Å². The van der Waals surface area contributed by atoms with Crippen LogP contribution in [0.1, 0.15) is 19.4 Å². The van der Waals surface area contributed by atoms with Gasteiger partial charge in [-0.3, -0.25) is 14.6 Å². The Bertz CT molecular complexity index is 416. The topological polar surface area (TPSA) is 53.5 Å². The van der Waals surface area contributed by atoms with E-state index in [9.17, 15) is 9.59 Å². The summed E-state index contributed by atoms with van der Waals surface area (Å²) >= 11 is 0. The zero-order valence-corrected chi connectivity index (χ0v) is 11.8. The number of hydrogen-bond donors (Lipinski definition) is 0. The van der Waals surface area contributed by atoms with E-state index in [0.29, 0.717) is 19.6 Å². The van der Waals surface area contributed by atoms with Gasteiger partial charge in [-0.05, 0) is 38.0 Å². The van der Waals surface area contributed by atoms with Crippen LogP contribution in [0.3, 0.4) is 0 Å². The molecule has 0 atom stereocenters. The van der Waals surface area contributed by atoms with E-state index in [1.165, 1.54) is 9.80 Å². The van der Waals surface area contributed by atoms with Crippen LogP contribution in [0.4, 0.5) is 0 Å². The van der Waals surface area contributed by atoms with Crippen molar-refractivity contribution in [1.29, 1.82) is 0 Å². The average Bonchev–Trinajstić information content (AvgIpc) is 2.46. The van der Waals surface area contributed by atoms with Crippen LogP contribution in [0.5, 0.6) is 0 Å². The van der Waals surface area contributed by atoms with E-state index in [1.54, 1.807) is 19.4 Å². The lowest BCUT2D eigenvalue weighted by Gasteiger charge is -2.22. The molecule has 0 radical (unpaired) electrons. The molecule has 1 heterocycles. The summed E-state index contributed by atoms with van der Waals surface area (Å²) in [4.78, 5) is 30.8. The van der Waals surface area contributed by atoms with Crippen molar-refractivity contribution in [2.24, 2.45) is 0 Å². The number of nitrogens with zero attached hydrogens (tertiary/aromatic N) is 3. The highest BCUT2D eigenvalue weighted by Gasteiger charge is 2.22. The van der Waals surface area contributed by atoms with E-state index in [4.69, 9.17) is 0 Å². The lowest BCUT2D eigenvalue weighted by molar-refractivity contribution is -0.150. The van der Waals surface area contributed by atoms with Crippen LogP contribution in [0.2, 0.25) is 0 Å². The third-order valence-corrected chi connectivity index (χ3v) is 3.07. The van der Waals surface area contributed by atoms with Gasteiger partial charge in [-0.15, -0.1) is 0 Å². The van der Waals surface area contributed by atoms with Gasteiger partial charge >= 0.3 is 11.8 Å². The Balaban J connectivity index is 2.51.